The quantitative estimate of drug-likeness (QED) is 0.867. The lowest BCUT2D eigenvalue weighted by Crippen LogP contribution is -2.60. The second-order valence-corrected chi connectivity index (χ2v) is 9.05. The van der Waals surface area contributed by atoms with Gasteiger partial charge in [0.15, 0.2) is 0 Å². The molecule has 2 heterocycles. The molecule has 6 nitrogen and oxygen atoms in total. The van der Waals surface area contributed by atoms with E-state index in [1.165, 1.54) is 16.4 Å². The summed E-state index contributed by atoms with van der Waals surface area (Å²) in [5.41, 5.74) is 5.38. The van der Waals surface area contributed by atoms with Gasteiger partial charge in [-0.1, -0.05) is 0 Å². The molecular formula is C17H24FN3O3S. The number of nitrogens with zero attached hydrogens (tertiary/aromatic N) is 2. The summed E-state index contributed by atoms with van der Waals surface area (Å²) in [7, 11) is -1.75. The van der Waals surface area contributed by atoms with Crippen LogP contribution in [-0.2, 0) is 14.8 Å². The number of primary amides is 1. The minimum Gasteiger partial charge on any atom is -0.368 e. The van der Waals surface area contributed by atoms with E-state index in [9.17, 15) is 17.6 Å². The number of halogens is 1. The lowest BCUT2D eigenvalue weighted by Gasteiger charge is -2.51. The maximum absolute atomic E-state index is 13.1. The Balaban J connectivity index is 1.79. The molecule has 0 radical (unpaired) electrons. The summed E-state index contributed by atoms with van der Waals surface area (Å²) in [4.78, 5) is 14.1. The van der Waals surface area contributed by atoms with Crippen LogP contribution in [0.3, 0.4) is 0 Å². The van der Waals surface area contributed by atoms with Gasteiger partial charge in [-0.05, 0) is 69.0 Å². The molecule has 0 aromatic heterocycles. The molecule has 1 aromatic rings. The molecule has 0 bridgehead atoms. The molecule has 1 spiro atoms. The Morgan fingerprint density at radius 3 is 2.32 bits per heavy atom. The first kappa shape index (κ1) is 18.3. The van der Waals surface area contributed by atoms with Crippen LogP contribution in [0.5, 0.6) is 0 Å². The zero-order chi connectivity index (χ0) is 18.2. The molecule has 0 saturated carbocycles. The van der Waals surface area contributed by atoms with Crippen molar-refractivity contribution in [2.45, 2.75) is 36.6 Å². The number of rotatable bonds is 3. The Bertz CT molecular complexity index is 743. The molecule has 0 aliphatic carbocycles. The molecule has 3 rings (SSSR count). The summed E-state index contributed by atoms with van der Waals surface area (Å²) in [5, 5.41) is 0. The number of sulfonamides is 1. The highest BCUT2D eigenvalue weighted by Crippen LogP contribution is 2.44. The second-order valence-electron chi connectivity index (χ2n) is 7.11. The maximum Gasteiger partial charge on any atom is 0.243 e. The smallest absolute Gasteiger partial charge is 0.243 e. The highest BCUT2D eigenvalue weighted by molar-refractivity contribution is 7.89. The van der Waals surface area contributed by atoms with Crippen LogP contribution in [0.15, 0.2) is 29.2 Å². The van der Waals surface area contributed by atoms with Gasteiger partial charge in [0.25, 0.3) is 0 Å². The fraction of sp³-hybridized carbons (Fsp3) is 0.588. The zero-order valence-corrected chi connectivity index (χ0v) is 15.1. The van der Waals surface area contributed by atoms with Gasteiger partial charge in [-0.3, -0.25) is 9.69 Å². The molecule has 8 heteroatoms. The molecule has 2 N–H and O–H groups in total. The predicted molar refractivity (Wildman–Crippen MR) is 91.7 cm³/mol. The third-order valence-corrected chi connectivity index (χ3v) is 7.56. The molecule has 2 saturated heterocycles. The average molecular weight is 369 g/mol. The summed E-state index contributed by atoms with van der Waals surface area (Å²) >= 11 is 0. The van der Waals surface area contributed by atoms with Gasteiger partial charge in [0.05, 0.1) is 10.9 Å². The first-order valence-electron chi connectivity index (χ1n) is 8.52. The van der Waals surface area contributed by atoms with Gasteiger partial charge < -0.3 is 5.73 Å². The van der Waals surface area contributed by atoms with Crippen molar-refractivity contribution in [2.24, 2.45) is 11.1 Å². The van der Waals surface area contributed by atoms with Gasteiger partial charge in [-0.2, -0.15) is 4.31 Å². The van der Waals surface area contributed by atoms with E-state index in [2.05, 4.69) is 0 Å². The minimum atomic E-state index is -3.65. The van der Waals surface area contributed by atoms with E-state index in [0.29, 0.717) is 25.9 Å². The summed E-state index contributed by atoms with van der Waals surface area (Å²) < 4.78 is 40.0. The van der Waals surface area contributed by atoms with E-state index in [0.717, 1.165) is 31.5 Å². The molecule has 1 amide bonds. The van der Waals surface area contributed by atoms with Gasteiger partial charge in [0, 0.05) is 13.1 Å². The Morgan fingerprint density at radius 1 is 1.16 bits per heavy atom. The normalized spacial score (nSPS) is 25.1. The van der Waals surface area contributed by atoms with Crippen molar-refractivity contribution in [3.63, 3.8) is 0 Å². The Kier molecular flexibility index (Phi) is 4.87. The van der Waals surface area contributed by atoms with Gasteiger partial charge in [0.2, 0.25) is 15.9 Å². The predicted octanol–water partition coefficient (Wildman–Crippen LogP) is 1.18. The van der Waals surface area contributed by atoms with E-state index < -0.39 is 15.8 Å². The molecule has 2 fully saturated rings. The lowest BCUT2D eigenvalue weighted by atomic mass is 9.67. The van der Waals surface area contributed by atoms with Gasteiger partial charge in [-0.25, -0.2) is 12.8 Å². The molecule has 2 aliphatic rings. The number of likely N-dealkylation sites (N-methyl/N-ethyl adjacent to an activating group) is 1. The number of carbonyl (C=O) groups is 1. The first-order valence-corrected chi connectivity index (χ1v) is 9.96. The SMILES string of the molecule is CN1CCCC2(CCN(S(=O)(=O)c3ccc(F)cc3)CC2)C1C(N)=O. The van der Waals surface area contributed by atoms with Crippen LogP contribution in [0, 0.1) is 11.2 Å². The highest BCUT2D eigenvalue weighted by atomic mass is 32.2. The number of likely N-dealkylation sites (tertiary alicyclic amines) is 1. The van der Waals surface area contributed by atoms with Crippen molar-refractivity contribution < 1.29 is 17.6 Å². The van der Waals surface area contributed by atoms with Crippen LogP contribution in [0.2, 0.25) is 0 Å². The average Bonchev–Trinajstić information content (AvgIpc) is 2.55. The second kappa shape index (κ2) is 6.66. The summed E-state index contributed by atoms with van der Waals surface area (Å²) in [6, 6.07) is 4.53. The fourth-order valence-electron chi connectivity index (χ4n) is 4.38. The topological polar surface area (TPSA) is 83.7 Å². The highest BCUT2D eigenvalue weighted by Gasteiger charge is 2.49. The van der Waals surface area contributed by atoms with Crippen LogP contribution >= 0.6 is 0 Å². The summed E-state index contributed by atoms with van der Waals surface area (Å²) in [5.74, 6) is -0.803. The fourth-order valence-corrected chi connectivity index (χ4v) is 5.83. The van der Waals surface area contributed by atoms with Crippen LogP contribution in [0.1, 0.15) is 25.7 Å². The number of hydrogen-bond donors (Lipinski definition) is 1. The Labute approximate surface area is 147 Å². The molecule has 1 unspecified atom stereocenters. The van der Waals surface area contributed by atoms with Gasteiger partial charge >= 0.3 is 0 Å². The zero-order valence-electron chi connectivity index (χ0n) is 14.3. The summed E-state index contributed by atoms with van der Waals surface area (Å²) in [6.45, 7) is 1.52. The largest absolute Gasteiger partial charge is 0.368 e. The standard InChI is InChI=1S/C17H24FN3O3S/c1-20-10-2-7-17(15(20)16(19)22)8-11-21(12-9-17)25(23,24)14-5-3-13(18)4-6-14/h3-6,15H,2,7-12H2,1H3,(H2,19,22). The number of benzene rings is 1. The Morgan fingerprint density at radius 2 is 1.76 bits per heavy atom. The van der Waals surface area contributed by atoms with Crippen LogP contribution < -0.4 is 5.73 Å². The van der Waals surface area contributed by atoms with E-state index >= 15 is 0 Å². The van der Waals surface area contributed by atoms with Crippen LogP contribution in [-0.4, -0.2) is 56.3 Å². The first-order chi connectivity index (χ1) is 11.8. The molecule has 25 heavy (non-hydrogen) atoms. The summed E-state index contributed by atoms with van der Waals surface area (Å²) in [6.07, 6.45) is 3.07. The lowest BCUT2D eigenvalue weighted by molar-refractivity contribution is -0.132. The third kappa shape index (κ3) is 3.30. The van der Waals surface area contributed by atoms with E-state index in [4.69, 9.17) is 5.73 Å². The molecule has 1 atom stereocenters. The van der Waals surface area contributed by atoms with Crippen molar-refractivity contribution >= 4 is 15.9 Å². The van der Waals surface area contributed by atoms with Crippen molar-refractivity contribution in [3.05, 3.63) is 30.1 Å². The number of nitrogens with two attached hydrogens (primary N) is 1. The number of carbonyl (C=O) groups excluding carboxylic acids is 1. The van der Waals surface area contributed by atoms with Crippen molar-refractivity contribution in [3.8, 4) is 0 Å². The Hall–Kier alpha value is -1.51. The number of hydrogen-bond acceptors (Lipinski definition) is 4. The van der Waals surface area contributed by atoms with E-state index in [1.807, 2.05) is 11.9 Å². The third-order valence-electron chi connectivity index (χ3n) is 5.65. The van der Waals surface area contributed by atoms with E-state index in [1.54, 1.807) is 0 Å². The molecule has 1 aromatic carbocycles. The van der Waals surface area contributed by atoms with Gasteiger partial charge in [-0.15, -0.1) is 0 Å². The minimum absolute atomic E-state index is 0.0945. The maximum atomic E-state index is 13.1. The van der Waals surface area contributed by atoms with Crippen molar-refractivity contribution in [2.75, 3.05) is 26.7 Å². The van der Waals surface area contributed by atoms with Crippen LogP contribution in [0.25, 0.3) is 0 Å². The number of amides is 1. The van der Waals surface area contributed by atoms with Crippen molar-refractivity contribution in [1.29, 1.82) is 0 Å². The van der Waals surface area contributed by atoms with E-state index in [-0.39, 0.29) is 22.3 Å². The molecule has 138 valence electrons. The van der Waals surface area contributed by atoms with Gasteiger partial charge in [0.1, 0.15) is 5.82 Å². The molecule has 2 aliphatic heterocycles. The number of piperidine rings is 2. The monoisotopic (exact) mass is 369 g/mol. The molecular weight excluding hydrogens is 345 g/mol. The van der Waals surface area contributed by atoms with Crippen molar-refractivity contribution in [1.82, 2.24) is 9.21 Å². The van der Waals surface area contributed by atoms with Crippen LogP contribution in [0.4, 0.5) is 4.39 Å².